The van der Waals surface area contributed by atoms with Gasteiger partial charge in [-0.25, -0.2) is 9.05 Å². The van der Waals surface area contributed by atoms with Crippen LogP contribution in [0.15, 0.2) is 24.3 Å². The highest BCUT2D eigenvalue weighted by Gasteiger charge is 2.40. The maximum atomic E-state index is 14.2. The van der Waals surface area contributed by atoms with Crippen molar-refractivity contribution in [1.82, 2.24) is 0 Å². The molecule has 0 aliphatic heterocycles. The SMILES string of the molecule is CCOP(=O)(Cc1cc(C(C)(C)C)c(O[P+](=O)Oc2c(C(C)(C)C)cc(CP(=O)(OCC)OCC)cc2C(C)(C)C)c(C(C)(C)C)c1)OCC. The molecule has 50 heavy (non-hydrogen) atoms. The summed E-state index contributed by atoms with van der Waals surface area (Å²) in [5, 5.41) is 0. The molecular weight excluding hydrogens is 693 g/mol. The summed E-state index contributed by atoms with van der Waals surface area (Å²) in [4.78, 5) is 0. The molecule has 12 heteroatoms. The molecule has 0 amide bonds. The first kappa shape index (κ1) is 44.6. The fourth-order valence-corrected chi connectivity index (χ4v) is 9.72. The summed E-state index contributed by atoms with van der Waals surface area (Å²) in [6, 6.07) is 7.79. The molecular formula is C38H64O9P3+. The fraction of sp³-hybridized carbons (Fsp3) is 0.684. The van der Waals surface area contributed by atoms with Gasteiger partial charge in [-0.1, -0.05) is 107 Å². The average molecular weight is 758 g/mol. The molecule has 0 bridgehead atoms. The number of hydrogen-bond acceptors (Lipinski definition) is 9. The van der Waals surface area contributed by atoms with Gasteiger partial charge in [-0.05, 0) is 60.5 Å². The van der Waals surface area contributed by atoms with Crippen LogP contribution >= 0.6 is 23.4 Å². The van der Waals surface area contributed by atoms with Crippen molar-refractivity contribution in [3.8, 4) is 11.5 Å². The third-order valence-electron chi connectivity index (χ3n) is 7.92. The van der Waals surface area contributed by atoms with Crippen molar-refractivity contribution < 1.29 is 40.8 Å². The molecule has 0 saturated carbocycles. The molecule has 0 spiro atoms. The van der Waals surface area contributed by atoms with E-state index in [1.807, 2.05) is 24.3 Å². The van der Waals surface area contributed by atoms with Crippen LogP contribution in [-0.2, 0) is 65.8 Å². The maximum absolute atomic E-state index is 14.2. The van der Waals surface area contributed by atoms with Crippen molar-refractivity contribution in [1.29, 1.82) is 0 Å². The van der Waals surface area contributed by atoms with Crippen molar-refractivity contribution in [2.24, 2.45) is 0 Å². The number of rotatable bonds is 16. The molecule has 0 aliphatic carbocycles. The van der Waals surface area contributed by atoms with Crippen LogP contribution in [0.25, 0.3) is 0 Å². The van der Waals surface area contributed by atoms with Crippen molar-refractivity contribution in [3.05, 3.63) is 57.6 Å². The third-order valence-corrected chi connectivity index (χ3v) is 12.7. The van der Waals surface area contributed by atoms with Gasteiger partial charge in [-0.2, -0.15) is 0 Å². The van der Waals surface area contributed by atoms with Crippen molar-refractivity contribution in [3.63, 3.8) is 0 Å². The van der Waals surface area contributed by atoms with E-state index in [1.54, 1.807) is 27.7 Å². The second kappa shape index (κ2) is 17.1. The Morgan fingerprint density at radius 3 is 0.880 bits per heavy atom. The number of benzene rings is 2. The van der Waals surface area contributed by atoms with E-state index in [0.717, 1.165) is 33.4 Å². The minimum Gasteiger partial charge on any atom is -0.309 e. The van der Waals surface area contributed by atoms with Crippen LogP contribution in [0.3, 0.4) is 0 Å². The zero-order valence-corrected chi connectivity index (χ0v) is 36.3. The maximum Gasteiger partial charge on any atom is 0.805 e. The van der Waals surface area contributed by atoms with Gasteiger partial charge in [0, 0.05) is 26.8 Å². The van der Waals surface area contributed by atoms with Gasteiger partial charge >= 0.3 is 23.4 Å². The number of hydrogen-bond donors (Lipinski definition) is 0. The van der Waals surface area contributed by atoms with E-state index in [-0.39, 0.29) is 38.8 Å². The van der Waals surface area contributed by atoms with Crippen LogP contribution in [0, 0.1) is 0 Å². The summed E-state index contributed by atoms with van der Waals surface area (Å²) in [7, 11) is -9.54. The van der Waals surface area contributed by atoms with E-state index in [0.29, 0.717) is 11.5 Å². The predicted molar refractivity (Wildman–Crippen MR) is 206 cm³/mol. The zero-order valence-electron chi connectivity index (χ0n) is 33.6. The Morgan fingerprint density at radius 2 is 0.700 bits per heavy atom. The summed E-state index contributed by atoms with van der Waals surface area (Å²) in [5.74, 6) is 0.941. The van der Waals surface area contributed by atoms with Gasteiger partial charge < -0.3 is 18.1 Å². The topological polar surface area (TPSA) is 107 Å². The molecule has 2 rings (SSSR count). The van der Waals surface area contributed by atoms with Gasteiger partial charge in [0.1, 0.15) is 0 Å². The van der Waals surface area contributed by atoms with E-state index in [9.17, 15) is 13.7 Å². The van der Waals surface area contributed by atoms with Crippen LogP contribution in [0.1, 0.15) is 144 Å². The van der Waals surface area contributed by atoms with Gasteiger partial charge in [0.15, 0.2) is 11.5 Å². The highest BCUT2D eigenvalue weighted by Crippen LogP contribution is 2.55. The zero-order chi connectivity index (χ0) is 38.5. The molecule has 0 radical (unpaired) electrons. The molecule has 0 saturated heterocycles. The summed E-state index contributed by atoms with van der Waals surface area (Å²) in [5.41, 5.74) is 3.02. The quantitative estimate of drug-likeness (QED) is 0.155. The summed E-state index contributed by atoms with van der Waals surface area (Å²) in [6.45, 7) is 32.9. The molecule has 0 fully saturated rings. The van der Waals surface area contributed by atoms with Crippen LogP contribution in [0.5, 0.6) is 11.5 Å². The van der Waals surface area contributed by atoms with Crippen LogP contribution in [0.2, 0.25) is 0 Å². The molecule has 0 heterocycles. The minimum atomic E-state index is -3.40. The Bertz CT molecular complexity index is 1370. The van der Waals surface area contributed by atoms with Gasteiger partial charge in [0.25, 0.3) is 0 Å². The van der Waals surface area contributed by atoms with E-state index >= 15 is 0 Å². The summed E-state index contributed by atoms with van der Waals surface area (Å²) in [6.07, 6.45) is 0.193. The second-order valence-corrected chi connectivity index (χ2v) is 21.6. The van der Waals surface area contributed by atoms with Gasteiger partial charge in [0.2, 0.25) is 0 Å². The lowest BCUT2D eigenvalue weighted by molar-refractivity contribution is 0.218. The molecule has 0 N–H and O–H groups in total. The Kier molecular flexibility index (Phi) is 15.2. The van der Waals surface area contributed by atoms with Gasteiger partial charge in [0.05, 0.1) is 38.8 Å². The smallest absolute Gasteiger partial charge is 0.309 e. The standard InChI is InChI=1S/C38H64O9P3/c1-17-42-49(40,43-18-2)25-27-21-29(35(5,6)7)33(30(22-27)36(8,9)10)46-48(39)47-34-31(37(11,12)13)23-28(24-32(34)38(14,15)16)26-50(41,44-19-3)45-20-4/h21-24H,17-20,25-26H2,1-16H3/q+1. The molecule has 0 unspecified atom stereocenters. The third kappa shape index (κ3) is 12.3. The van der Waals surface area contributed by atoms with E-state index in [1.165, 1.54) is 0 Å². The van der Waals surface area contributed by atoms with E-state index in [4.69, 9.17) is 27.1 Å². The van der Waals surface area contributed by atoms with Crippen LogP contribution < -0.4 is 9.05 Å². The Balaban J connectivity index is 2.78. The molecule has 284 valence electrons. The summed E-state index contributed by atoms with van der Waals surface area (Å²) < 4.78 is 76.7. The minimum absolute atomic E-state index is 0.0967. The lowest BCUT2D eigenvalue weighted by atomic mass is 9.78. The predicted octanol–water partition coefficient (Wildman–Crippen LogP) is 12.5. The van der Waals surface area contributed by atoms with Crippen LogP contribution in [0.4, 0.5) is 0 Å². The van der Waals surface area contributed by atoms with Gasteiger partial charge in [-0.3, -0.25) is 9.13 Å². The highest BCUT2D eigenvalue weighted by molar-refractivity contribution is 7.53. The average Bonchev–Trinajstić information content (AvgIpc) is 2.92. The largest absolute Gasteiger partial charge is 0.805 e. The molecule has 2 aromatic carbocycles. The molecule has 2 aromatic rings. The van der Waals surface area contributed by atoms with E-state index < -0.39 is 45.1 Å². The summed E-state index contributed by atoms with van der Waals surface area (Å²) >= 11 is 0. The lowest BCUT2D eigenvalue weighted by Gasteiger charge is -2.29. The second-order valence-electron chi connectivity index (χ2n) is 16.7. The fourth-order valence-electron chi connectivity index (χ4n) is 5.64. The molecule has 0 atom stereocenters. The Morgan fingerprint density at radius 1 is 0.480 bits per heavy atom. The Labute approximate surface area is 303 Å². The molecule has 9 nitrogen and oxygen atoms in total. The monoisotopic (exact) mass is 757 g/mol. The first-order chi connectivity index (χ1) is 22.7. The first-order valence-electron chi connectivity index (χ1n) is 17.7. The normalized spacial score (nSPS) is 13.4. The van der Waals surface area contributed by atoms with Crippen molar-refractivity contribution in [2.45, 2.75) is 145 Å². The highest BCUT2D eigenvalue weighted by atomic mass is 31.2. The first-order valence-corrected chi connectivity index (χ1v) is 22.2. The van der Waals surface area contributed by atoms with Crippen molar-refractivity contribution in [2.75, 3.05) is 26.4 Å². The lowest BCUT2D eigenvalue weighted by Crippen LogP contribution is -2.21. The molecule has 0 aliphatic rings. The van der Waals surface area contributed by atoms with Crippen molar-refractivity contribution >= 4 is 23.4 Å². The van der Waals surface area contributed by atoms with Gasteiger partial charge in [-0.15, -0.1) is 0 Å². The molecule has 0 aromatic heterocycles. The van der Waals surface area contributed by atoms with Crippen LogP contribution in [-0.4, -0.2) is 26.4 Å². The Hall–Kier alpha value is -1.56. The van der Waals surface area contributed by atoms with E-state index in [2.05, 4.69) is 83.1 Å².